The van der Waals surface area contributed by atoms with Crippen LogP contribution in [0.1, 0.15) is 24.2 Å². The van der Waals surface area contributed by atoms with Crippen LogP contribution >= 0.6 is 11.8 Å². The van der Waals surface area contributed by atoms with Crippen LogP contribution in [0.2, 0.25) is 0 Å². The molecule has 2 rings (SSSR count). The third-order valence-corrected chi connectivity index (χ3v) is 4.80. The molecule has 0 saturated carbocycles. The first-order valence-corrected chi connectivity index (χ1v) is 8.04. The highest BCUT2D eigenvalue weighted by Gasteiger charge is 2.24. The molecule has 3 atom stereocenters. The van der Waals surface area contributed by atoms with E-state index in [2.05, 4.69) is 10.2 Å². The SMILES string of the molecule is CC(C(O)CSc1nncn1C)C(O)c1ccc(CO)cc1. The maximum Gasteiger partial charge on any atom is 0.190 e. The van der Waals surface area contributed by atoms with Crippen LogP contribution in [0.25, 0.3) is 0 Å². The second-order valence-corrected chi connectivity index (χ2v) is 6.29. The Balaban J connectivity index is 1.93. The van der Waals surface area contributed by atoms with Crippen LogP contribution in [0.5, 0.6) is 0 Å². The van der Waals surface area contributed by atoms with Crippen molar-refractivity contribution in [3.63, 3.8) is 0 Å². The summed E-state index contributed by atoms with van der Waals surface area (Å²) in [6.07, 6.45) is 0.174. The van der Waals surface area contributed by atoms with E-state index in [0.717, 1.165) is 16.3 Å². The number of aromatic nitrogens is 3. The van der Waals surface area contributed by atoms with Gasteiger partial charge in [0.1, 0.15) is 6.33 Å². The molecule has 0 amide bonds. The van der Waals surface area contributed by atoms with Crippen molar-refractivity contribution in [2.75, 3.05) is 5.75 Å². The van der Waals surface area contributed by atoms with Gasteiger partial charge >= 0.3 is 0 Å². The maximum atomic E-state index is 10.4. The molecule has 3 unspecified atom stereocenters. The van der Waals surface area contributed by atoms with E-state index < -0.39 is 12.2 Å². The van der Waals surface area contributed by atoms with Gasteiger partial charge in [-0.1, -0.05) is 43.0 Å². The summed E-state index contributed by atoms with van der Waals surface area (Å²) in [7, 11) is 1.84. The van der Waals surface area contributed by atoms with Crippen LogP contribution in [-0.4, -0.2) is 41.9 Å². The Labute approximate surface area is 133 Å². The molecule has 0 aliphatic rings. The van der Waals surface area contributed by atoms with E-state index in [1.807, 2.05) is 14.0 Å². The van der Waals surface area contributed by atoms with Gasteiger partial charge in [-0.3, -0.25) is 0 Å². The van der Waals surface area contributed by atoms with Gasteiger partial charge in [-0.15, -0.1) is 10.2 Å². The van der Waals surface area contributed by atoms with Crippen molar-refractivity contribution < 1.29 is 15.3 Å². The fourth-order valence-corrected chi connectivity index (χ4v) is 3.03. The predicted molar refractivity (Wildman–Crippen MR) is 84.2 cm³/mol. The molecule has 1 heterocycles. The third kappa shape index (κ3) is 4.07. The molecule has 0 spiro atoms. The van der Waals surface area contributed by atoms with Crippen molar-refractivity contribution in [2.45, 2.75) is 30.9 Å². The summed E-state index contributed by atoms with van der Waals surface area (Å²) in [6, 6.07) is 7.09. The lowest BCUT2D eigenvalue weighted by molar-refractivity contribution is 0.0330. The smallest absolute Gasteiger partial charge is 0.190 e. The lowest BCUT2D eigenvalue weighted by atomic mass is 9.93. The average Bonchev–Trinajstić information content (AvgIpc) is 2.96. The summed E-state index contributed by atoms with van der Waals surface area (Å²) in [5.74, 6) is 0.111. The summed E-state index contributed by atoms with van der Waals surface area (Å²) in [6.45, 7) is 1.79. The Morgan fingerprint density at radius 2 is 1.91 bits per heavy atom. The summed E-state index contributed by atoms with van der Waals surface area (Å²) in [4.78, 5) is 0. The van der Waals surface area contributed by atoms with Crippen molar-refractivity contribution in [3.05, 3.63) is 41.7 Å². The number of thioether (sulfide) groups is 1. The van der Waals surface area contributed by atoms with Gasteiger partial charge in [0.15, 0.2) is 5.16 Å². The summed E-state index contributed by atoms with van der Waals surface area (Å²) < 4.78 is 1.78. The fourth-order valence-electron chi connectivity index (χ4n) is 2.05. The van der Waals surface area contributed by atoms with E-state index in [9.17, 15) is 10.2 Å². The van der Waals surface area contributed by atoms with Gasteiger partial charge in [0, 0.05) is 18.7 Å². The molecular weight excluding hydrogens is 302 g/mol. The molecule has 1 aromatic heterocycles. The monoisotopic (exact) mass is 323 g/mol. The van der Waals surface area contributed by atoms with E-state index in [0.29, 0.717) is 5.75 Å². The van der Waals surface area contributed by atoms with Gasteiger partial charge in [-0.2, -0.15) is 0 Å². The Kier molecular flexibility index (Phi) is 5.96. The highest BCUT2D eigenvalue weighted by Crippen LogP contribution is 2.27. The summed E-state index contributed by atoms with van der Waals surface area (Å²) >= 11 is 1.40. The number of aryl methyl sites for hydroxylation is 1. The van der Waals surface area contributed by atoms with Gasteiger partial charge in [0.2, 0.25) is 0 Å². The predicted octanol–water partition coefficient (Wildman–Crippen LogP) is 1.13. The molecule has 0 radical (unpaired) electrons. The van der Waals surface area contributed by atoms with Gasteiger partial charge in [0.25, 0.3) is 0 Å². The molecule has 22 heavy (non-hydrogen) atoms. The zero-order chi connectivity index (χ0) is 16.1. The normalized spacial score (nSPS) is 15.5. The zero-order valence-electron chi connectivity index (χ0n) is 12.6. The van der Waals surface area contributed by atoms with Crippen LogP contribution in [0.3, 0.4) is 0 Å². The van der Waals surface area contributed by atoms with E-state index >= 15 is 0 Å². The second kappa shape index (κ2) is 7.73. The quantitative estimate of drug-likeness (QED) is 0.662. The number of nitrogens with zero attached hydrogens (tertiary/aromatic N) is 3. The minimum Gasteiger partial charge on any atom is -0.392 e. The number of hydrogen-bond donors (Lipinski definition) is 3. The van der Waals surface area contributed by atoms with E-state index in [4.69, 9.17) is 5.11 Å². The van der Waals surface area contributed by atoms with Gasteiger partial charge in [-0.25, -0.2) is 0 Å². The lowest BCUT2D eigenvalue weighted by Crippen LogP contribution is -2.26. The first-order chi connectivity index (χ1) is 10.5. The van der Waals surface area contributed by atoms with Gasteiger partial charge in [-0.05, 0) is 11.1 Å². The average molecular weight is 323 g/mol. The van der Waals surface area contributed by atoms with Gasteiger partial charge in [0.05, 0.1) is 18.8 Å². The van der Waals surface area contributed by atoms with Crippen molar-refractivity contribution in [1.29, 1.82) is 0 Å². The van der Waals surface area contributed by atoms with Crippen molar-refractivity contribution >= 4 is 11.8 Å². The largest absolute Gasteiger partial charge is 0.392 e. The molecule has 0 fully saturated rings. The number of aliphatic hydroxyl groups is 3. The standard InChI is InChI=1S/C15H21N3O3S/c1-10(13(20)8-22-15-17-16-9-18(15)2)14(21)12-5-3-11(7-19)4-6-12/h3-6,9-10,13-14,19-21H,7-8H2,1-2H3. The van der Waals surface area contributed by atoms with Crippen LogP contribution in [0.15, 0.2) is 35.7 Å². The molecule has 0 saturated heterocycles. The zero-order valence-corrected chi connectivity index (χ0v) is 13.4. The Bertz CT molecular complexity index is 588. The molecule has 1 aromatic carbocycles. The lowest BCUT2D eigenvalue weighted by Gasteiger charge is -2.24. The minimum absolute atomic E-state index is 0.0249. The number of aliphatic hydroxyl groups excluding tert-OH is 3. The third-order valence-electron chi connectivity index (χ3n) is 3.66. The number of rotatable bonds is 7. The first kappa shape index (κ1) is 17.0. The highest BCUT2D eigenvalue weighted by molar-refractivity contribution is 7.99. The molecule has 120 valence electrons. The molecule has 0 aliphatic carbocycles. The van der Waals surface area contributed by atoms with Crippen LogP contribution < -0.4 is 0 Å². The minimum atomic E-state index is -0.761. The fraction of sp³-hybridized carbons (Fsp3) is 0.467. The Hall–Kier alpha value is -1.41. The summed E-state index contributed by atoms with van der Waals surface area (Å²) in [5.41, 5.74) is 1.52. The first-order valence-electron chi connectivity index (χ1n) is 7.05. The second-order valence-electron chi connectivity index (χ2n) is 5.31. The molecule has 3 N–H and O–H groups in total. The van der Waals surface area contributed by atoms with Gasteiger partial charge < -0.3 is 19.9 Å². The number of hydrogen-bond acceptors (Lipinski definition) is 6. The molecule has 0 aliphatic heterocycles. The van der Waals surface area contributed by atoms with E-state index in [-0.39, 0.29) is 12.5 Å². The summed E-state index contributed by atoms with van der Waals surface area (Å²) in [5, 5.41) is 38.1. The van der Waals surface area contributed by atoms with Crippen molar-refractivity contribution in [3.8, 4) is 0 Å². The molecule has 0 bridgehead atoms. The van der Waals surface area contributed by atoms with Crippen LogP contribution in [0.4, 0.5) is 0 Å². The topological polar surface area (TPSA) is 91.4 Å². The highest BCUT2D eigenvalue weighted by atomic mass is 32.2. The molecule has 2 aromatic rings. The molecular formula is C15H21N3O3S. The van der Waals surface area contributed by atoms with Crippen molar-refractivity contribution in [1.82, 2.24) is 14.8 Å². The Morgan fingerprint density at radius 1 is 1.23 bits per heavy atom. The van der Waals surface area contributed by atoms with Crippen molar-refractivity contribution in [2.24, 2.45) is 13.0 Å². The van der Waals surface area contributed by atoms with Crippen LogP contribution in [0, 0.1) is 5.92 Å². The number of benzene rings is 1. The van der Waals surface area contributed by atoms with E-state index in [1.54, 1.807) is 35.2 Å². The Morgan fingerprint density at radius 3 is 2.45 bits per heavy atom. The molecule has 6 nitrogen and oxygen atoms in total. The van der Waals surface area contributed by atoms with E-state index in [1.165, 1.54) is 11.8 Å². The van der Waals surface area contributed by atoms with Crippen LogP contribution in [-0.2, 0) is 13.7 Å². The maximum absolute atomic E-state index is 10.4. The molecule has 7 heteroatoms.